The molecule has 0 atom stereocenters. The average molecular weight is 287 g/mol. The molecule has 0 saturated carbocycles. The zero-order valence-electron chi connectivity index (χ0n) is 11.1. The number of nitrogens with one attached hydrogen (secondary N) is 1. The number of fused-ring (bicyclic) bond motifs is 1. The zero-order valence-corrected chi connectivity index (χ0v) is 11.1. The summed E-state index contributed by atoms with van der Waals surface area (Å²) in [6.45, 7) is 0. The van der Waals surface area contributed by atoms with Gasteiger partial charge in [0.15, 0.2) is 0 Å². The fourth-order valence-electron chi connectivity index (χ4n) is 2.35. The van der Waals surface area contributed by atoms with E-state index in [1.807, 2.05) is 12.1 Å². The van der Waals surface area contributed by atoms with Gasteiger partial charge in [0.25, 0.3) is 0 Å². The third-order valence-corrected chi connectivity index (χ3v) is 3.35. The molecule has 1 heterocycles. The molecule has 108 valence electrons. The summed E-state index contributed by atoms with van der Waals surface area (Å²) in [4.78, 5) is 18.0. The molecule has 0 aliphatic heterocycles. The van der Waals surface area contributed by atoms with E-state index in [2.05, 4.69) is 15.4 Å². The molecule has 0 radical (unpaired) electrons. The summed E-state index contributed by atoms with van der Waals surface area (Å²) in [5, 5.41) is 11.0. The molecule has 1 aliphatic carbocycles. The van der Waals surface area contributed by atoms with Gasteiger partial charge >= 0.3 is 11.6 Å². The van der Waals surface area contributed by atoms with Crippen LogP contribution in [0.1, 0.15) is 17.5 Å². The topological polar surface area (TPSA) is 116 Å². The van der Waals surface area contributed by atoms with Crippen molar-refractivity contribution < 1.29 is 9.66 Å². The number of nitrogen functional groups attached to an aromatic ring is 1. The lowest BCUT2D eigenvalue weighted by molar-refractivity contribution is -0.386. The Labute approximate surface area is 120 Å². The van der Waals surface area contributed by atoms with Crippen molar-refractivity contribution >= 4 is 11.6 Å². The number of nitro groups is 1. The number of aromatic nitrogens is 2. The first-order chi connectivity index (χ1) is 10.2. The maximum atomic E-state index is 11.0. The van der Waals surface area contributed by atoms with Gasteiger partial charge in [0.1, 0.15) is 11.9 Å². The number of rotatable bonds is 4. The highest BCUT2D eigenvalue weighted by Crippen LogP contribution is 2.32. The first kappa shape index (κ1) is 13.3. The van der Waals surface area contributed by atoms with Crippen LogP contribution in [0.5, 0.6) is 11.6 Å². The Morgan fingerprint density at radius 2 is 2.14 bits per heavy atom. The molecule has 0 spiro atoms. The van der Waals surface area contributed by atoms with Gasteiger partial charge < -0.3 is 4.74 Å². The SMILES string of the molecule is NNc1ncc([N+](=O)[O-])c(Oc2ccc3c(c2)CCC3)n1. The Kier molecular flexibility index (Phi) is 3.36. The molecule has 1 aromatic carbocycles. The third-order valence-electron chi connectivity index (χ3n) is 3.35. The summed E-state index contributed by atoms with van der Waals surface area (Å²) in [5.74, 6) is 5.64. The minimum atomic E-state index is -0.594. The number of nitrogens with two attached hydrogens (primary N) is 1. The maximum absolute atomic E-state index is 11.0. The van der Waals surface area contributed by atoms with Gasteiger partial charge in [-0.3, -0.25) is 15.5 Å². The molecular formula is C13H13N5O3. The zero-order chi connectivity index (χ0) is 14.8. The Hall–Kier alpha value is -2.74. The summed E-state index contributed by atoms with van der Waals surface area (Å²) < 4.78 is 5.55. The molecule has 2 aromatic rings. The number of hydrogen-bond donors (Lipinski definition) is 2. The lowest BCUT2D eigenvalue weighted by atomic mass is 10.1. The maximum Gasteiger partial charge on any atom is 0.349 e. The molecule has 1 aliphatic rings. The number of ether oxygens (including phenoxy) is 1. The van der Waals surface area contributed by atoms with Crippen LogP contribution in [0, 0.1) is 10.1 Å². The molecule has 1 aromatic heterocycles. The van der Waals surface area contributed by atoms with E-state index >= 15 is 0 Å². The summed E-state index contributed by atoms with van der Waals surface area (Å²) in [6.07, 6.45) is 4.23. The second-order valence-corrected chi connectivity index (χ2v) is 4.67. The fraction of sp³-hybridized carbons (Fsp3) is 0.231. The lowest BCUT2D eigenvalue weighted by Gasteiger charge is -2.08. The minimum absolute atomic E-state index is 0.0526. The Morgan fingerprint density at radius 1 is 1.33 bits per heavy atom. The molecular weight excluding hydrogens is 274 g/mol. The largest absolute Gasteiger partial charge is 0.434 e. The summed E-state index contributed by atoms with van der Waals surface area (Å²) in [6, 6.07) is 5.65. The quantitative estimate of drug-likeness (QED) is 0.501. The number of anilines is 1. The first-order valence-electron chi connectivity index (χ1n) is 6.45. The minimum Gasteiger partial charge on any atom is -0.434 e. The van der Waals surface area contributed by atoms with E-state index in [0.717, 1.165) is 25.5 Å². The number of benzene rings is 1. The molecule has 0 fully saturated rings. The van der Waals surface area contributed by atoms with Crippen LogP contribution in [0.2, 0.25) is 0 Å². The number of aryl methyl sites for hydroxylation is 2. The average Bonchev–Trinajstić information content (AvgIpc) is 2.94. The lowest BCUT2D eigenvalue weighted by Crippen LogP contribution is -2.11. The normalized spacial score (nSPS) is 12.8. The van der Waals surface area contributed by atoms with E-state index in [0.29, 0.717) is 5.75 Å². The van der Waals surface area contributed by atoms with Crippen LogP contribution < -0.4 is 16.0 Å². The molecule has 0 unspecified atom stereocenters. The van der Waals surface area contributed by atoms with Crippen LogP contribution in [0.4, 0.5) is 11.6 Å². The Balaban J connectivity index is 1.95. The van der Waals surface area contributed by atoms with Crippen LogP contribution in [-0.4, -0.2) is 14.9 Å². The predicted molar refractivity (Wildman–Crippen MR) is 75.0 cm³/mol. The van der Waals surface area contributed by atoms with Crippen LogP contribution in [0.3, 0.4) is 0 Å². The molecule has 0 bridgehead atoms. The molecule has 3 N–H and O–H groups in total. The standard InChI is InChI=1S/C13H13N5O3/c14-17-13-15-7-11(18(19)20)12(16-13)21-10-5-4-8-2-1-3-9(8)6-10/h4-7H,1-3,14H2,(H,15,16,17). The van der Waals surface area contributed by atoms with Crippen LogP contribution in [0.15, 0.2) is 24.4 Å². The summed E-state index contributed by atoms with van der Waals surface area (Å²) in [5.41, 5.74) is 4.43. The van der Waals surface area contributed by atoms with E-state index in [1.165, 1.54) is 11.1 Å². The molecule has 0 saturated heterocycles. The Morgan fingerprint density at radius 3 is 2.90 bits per heavy atom. The molecule has 3 rings (SSSR count). The highest BCUT2D eigenvalue weighted by Gasteiger charge is 2.20. The first-order valence-corrected chi connectivity index (χ1v) is 6.45. The van der Waals surface area contributed by atoms with Gasteiger partial charge in [-0.2, -0.15) is 4.98 Å². The highest BCUT2D eigenvalue weighted by molar-refractivity contribution is 5.46. The van der Waals surface area contributed by atoms with E-state index in [1.54, 1.807) is 6.07 Å². The number of hydrogen-bond acceptors (Lipinski definition) is 7. The monoisotopic (exact) mass is 287 g/mol. The van der Waals surface area contributed by atoms with Gasteiger partial charge in [-0.25, -0.2) is 10.8 Å². The van der Waals surface area contributed by atoms with Crippen molar-refractivity contribution in [2.75, 3.05) is 5.43 Å². The van der Waals surface area contributed by atoms with Gasteiger partial charge in [0.2, 0.25) is 5.95 Å². The van der Waals surface area contributed by atoms with Crippen LogP contribution in [-0.2, 0) is 12.8 Å². The smallest absolute Gasteiger partial charge is 0.349 e. The van der Waals surface area contributed by atoms with Crippen LogP contribution >= 0.6 is 0 Å². The van der Waals surface area contributed by atoms with Crippen LogP contribution in [0.25, 0.3) is 0 Å². The molecule has 21 heavy (non-hydrogen) atoms. The van der Waals surface area contributed by atoms with Crippen molar-refractivity contribution in [1.29, 1.82) is 0 Å². The molecule has 8 heteroatoms. The van der Waals surface area contributed by atoms with Crippen molar-refractivity contribution in [3.05, 3.63) is 45.6 Å². The number of nitrogens with zero attached hydrogens (tertiary/aromatic N) is 3. The molecule has 0 amide bonds. The highest BCUT2D eigenvalue weighted by atomic mass is 16.6. The second-order valence-electron chi connectivity index (χ2n) is 4.67. The summed E-state index contributed by atoms with van der Waals surface area (Å²) >= 11 is 0. The van der Waals surface area contributed by atoms with Crippen molar-refractivity contribution in [1.82, 2.24) is 9.97 Å². The Bertz CT molecular complexity index is 704. The van der Waals surface area contributed by atoms with E-state index in [-0.39, 0.29) is 17.5 Å². The second kappa shape index (κ2) is 5.33. The van der Waals surface area contributed by atoms with E-state index < -0.39 is 4.92 Å². The van der Waals surface area contributed by atoms with Crippen molar-refractivity contribution in [2.24, 2.45) is 5.84 Å². The van der Waals surface area contributed by atoms with E-state index in [9.17, 15) is 10.1 Å². The third kappa shape index (κ3) is 2.61. The predicted octanol–water partition coefficient (Wildman–Crippen LogP) is 1.95. The van der Waals surface area contributed by atoms with Crippen molar-refractivity contribution in [3.8, 4) is 11.6 Å². The van der Waals surface area contributed by atoms with Gasteiger partial charge in [0, 0.05) is 0 Å². The van der Waals surface area contributed by atoms with Crippen molar-refractivity contribution in [3.63, 3.8) is 0 Å². The van der Waals surface area contributed by atoms with Gasteiger partial charge in [-0.15, -0.1) is 0 Å². The number of hydrazine groups is 1. The van der Waals surface area contributed by atoms with Gasteiger partial charge in [-0.1, -0.05) is 6.07 Å². The summed E-state index contributed by atoms with van der Waals surface area (Å²) in [7, 11) is 0. The van der Waals surface area contributed by atoms with Gasteiger partial charge in [0.05, 0.1) is 4.92 Å². The van der Waals surface area contributed by atoms with Gasteiger partial charge in [-0.05, 0) is 42.5 Å². The fourth-order valence-corrected chi connectivity index (χ4v) is 2.35. The van der Waals surface area contributed by atoms with Crippen molar-refractivity contribution in [2.45, 2.75) is 19.3 Å². The van der Waals surface area contributed by atoms with E-state index in [4.69, 9.17) is 10.6 Å². The molecule has 8 nitrogen and oxygen atoms in total.